The standard InChI is InChI=1S/C20H27N5O3/c1-5-7-8-11-28-18-12-15(19(26)21-6-2)9-10-17(18)25-13-16(23-24-25)20(27)22-14(3)4/h5,9-10,12-14H,1,6-8,11H2,2-4H3,(H,21,26)(H,22,27). The molecular formula is C20H27N5O3. The summed E-state index contributed by atoms with van der Waals surface area (Å²) in [5, 5.41) is 13.5. The van der Waals surface area contributed by atoms with Crippen molar-refractivity contribution in [3.05, 3.63) is 48.3 Å². The molecule has 150 valence electrons. The molecule has 8 nitrogen and oxygen atoms in total. The summed E-state index contributed by atoms with van der Waals surface area (Å²) in [5.74, 6) is 0.0164. The van der Waals surface area contributed by atoms with E-state index in [0.717, 1.165) is 12.8 Å². The van der Waals surface area contributed by atoms with E-state index in [1.165, 1.54) is 10.9 Å². The van der Waals surface area contributed by atoms with Gasteiger partial charge >= 0.3 is 0 Å². The fraction of sp³-hybridized carbons (Fsp3) is 0.400. The van der Waals surface area contributed by atoms with Crippen LogP contribution in [0.1, 0.15) is 54.5 Å². The van der Waals surface area contributed by atoms with Crippen molar-refractivity contribution in [1.29, 1.82) is 0 Å². The first-order chi connectivity index (χ1) is 13.5. The monoisotopic (exact) mass is 385 g/mol. The van der Waals surface area contributed by atoms with E-state index in [4.69, 9.17) is 4.74 Å². The number of benzene rings is 1. The molecule has 2 amide bonds. The highest BCUT2D eigenvalue weighted by Crippen LogP contribution is 2.25. The van der Waals surface area contributed by atoms with Gasteiger partial charge in [0.25, 0.3) is 11.8 Å². The van der Waals surface area contributed by atoms with E-state index in [1.807, 2.05) is 26.8 Å². The van der Waals surface area contributed by atoms with E-state index in [1.54, 1.807) is 18.2 Å². The molecule has 1 heterocycles. The Morgan fingerprint density at radius 3 is 2.79 bits per heavy atom. The van der Waals surface area contributed by atoms with Crippen molar-refractivity contribution in [3.8, 4) is 11.4 Å². The zero-order chi connectivity index (χ0) is 20.5. The molecule has 0 atom stereocenters. The van der Waals surface area contributed by atoms with Crippen LogP contribution < -0.4 is 15.4 Å². The smallest absolute Gasteiger partial charge is 0.273 e. The van der Waals surface area contributed by atoms with Crippen LogP contribution in [0.2, 0.25) is 0 Å². The number of carbonyl (C=O) groups is 2. The summed E-state index contributed by atoms with van der Waals surface area (Å²) < 4.78 is 7.35. The molecule has 2 aromatic rings. The van der Waals surface area contributed by atoms with E-state index >= 15 is 0 Å². The number of nitrogens with zero attached hydrogens (tertiary/aromatic N) is 3. The van der Waals surface area contributed by atoms with E-state index in [9.17, 15) is 9.59 Å². The van der Waals surface area contributed by atoms with E-state index in [-0.39, 0.29) is 23.6 Å². The van der Waals surface area contributed by atoms with Gasteiger partial charge in [0.15, 0.2) is 5.69 Å². The minimum absolute atomic E-state index is 0.00207. The van der Waals surface area contributed by atoms with Crippen LogP contribution >= 0.6 is 0 Å². The number of amides is 2. The summed E-state index contributed by atoms with van der Waals surface area (Å²) in [7, 11) is 0. The van der Waals surface area contributed by atoms with Gasteiger partial charge in [-0.3, -0.25) is 9.59 Å². The number of aromatic nitrogens is 3. The van der Waals surface area contributed by atoms with Gasteiger partial charge in [0.05, 0.1) is 12.8 Å². The maximum atomic E-state index is 12.1. The molecule has 8 heteroatoms. The van der Waals surface area contributed by atoms with Gasteiger partial charge in [-0.15, -0.1) is 11.7 Å². The number of hydrogen-bond donors (Lipinski definition) is 2. The molecule has 0 aliphatic heterocycles. The maximum absolute atomic E-state index is 12.1. The molecule has 0 aliphatic rings. The van der Waals surface area contributed by atoms with Crippen LogP contribution in [-0.4, -0.2) is 46.0 Å². The molecule has 0 radical (unpaired) electrons. The zero-order valence-electron chi connectivity index (χ0n) is 16.6. The van der Waals surface area contributed by atoms with Crippen LogP contribution in [0.5, 0.6) is 5.75 Å². The van der Waals surface area contributed by atoms with Crippen molar-refractivity contribution in [1.82, 2.24) is 25.6 Å². The Labute approximate surface area is 165 Å². The average molecular weight is 385 g/mol. The molecule has 2 rings (SSSR count). The number of nitrogens with one attached hydrogen (secondary N) is 2. The van der Waals surface area contributed by atoms with Gasteiger partial charge in [-0.05, 0) is 51.8 Å². The molecule has 0 spiro atoms. The number of hydrogen-bond acceptors (Lipinski definition) is 5. The SMILES string of the molecule is C=CCCCOc1cc(C(=O)NCC)ccc1-n1cc(C(=O)NC(C)C)nn1. The van der Waals surface area contributed by atoms with Gasteiger partial charge in [-0.25, -0.2) is 4.68 Å². The largest absolute Gasteiger partial charge is 0.491 e. The second kappa shape index (κ2) is 10.2. The van der Waals surface area contributed by atoms with Crippen molar-refractivity contribution < 1.29 is 14.3 Å². The molecular weight excluding hydrogens is 358 g/mol. The third kappa shape index (κ3) is 5.67. The maximum Gasteiger partial charge on any atom is 0.273 e. The Bertz CT molecular complexity index is 829. The molecule has 0 aliphatic carbocycles. The molecule has 0 saturated heterocycles. The van der Waals surface area contributed by atoms with E-state index in [2.05, 4.69) is 27.5 Å². The minimum Gasteiger partial charge on any atom is -0.491 e. The fourth-order valence-corrected chi connectivity index (χ4v) is 2.45. The van der Waals surface area contributed by atoms with Gasteiger partial charge in [0.2, 0.25) is 0 Å². The van der Waals surface area contributed by atoms with Crippen LogP contribution in [0.15, 0.2) is 37.1 Å². The van der Waals surface area contributed by atoms with Crippen molar-refractivity contribution in [2.45, 2.75) is 39.7 Å². The van der Waals surface area contributed by atoms with Crippen molar-refractivity contribution in [2.75, 3.05) is 13.2 Å². The highest BCUT2D eigenvalue weighted by Gasteiger charge is 2.16. The molecule has 2 N–H and O–H groups in total. The number of carbonyl (C=O) groups excluding carboxylic acids is 2. The fourth-order valence-electron chi connectivity index (χ4n) is 2.45. The second-order valence-corrected chi connectivity index (χ2v) is 6.50. The summed E-state index contributed by atoms with van der Waals surface area (Å²) >= 11 is 0. The highest BCUT2D eigenvalue weighted by atomic mass is 16.5. The van der Waals surface area contributed by atoms with Crippen LogP contribution in [0, 0.1) is 0 Å². The Morgan fingerprint density at radius 1 is 1.32 bits per heavy atom. The second-order valence-electron chi connectivity index (χ2n) is 6.50. The van der Waals surface area contributed by atoms with Crippen molar-refractivity contribution in [2.24, 2.45) is 0 Å². The number of rotatable bonds is 10. The summed E-state index contributed by atoms with van der Waals surface area (Å²) in [5.41, 5.74) is 1.30. The van der Waals surface area contributed by atoms with E-state index in [0.29, 0.717) is 30.2 Å². The van der Waals surface area contributed by atoms with Crippen LogP contribution in [0.3, 0.4) is 0 Å². The lowest BCUT2D eigenvalue weighted by Crippen LogP contribution is -2.30. The first-order valence-electron chi connectivity index (χ1n) is 9.35. The Morgan fingerprint density at radius 2 is 2.11 bits per heavy atom. The summed E-state index contributed by atoms with van der Waals surface area (Å²) in [6.45, 7) is 10.3. The van der Waals surface area contributed by atoms with Crippen molar-refractivity contribution in [3.63, 3.8) is 0 Å². The lowest BCUT2D eigenvalue weighted by Gasteiger charge is -2.13. The Hall–Kier alpha value is -3.16. The van der Waals surface area contributed by atoms with Crippen LogP contribution in [0.4, 0.5) is 0 Å². The highest BCUT2D eigenvalue weighted by molar-refractivity contribution is 5.95. The van der Waals surface area contributed by atoms with Crippen LogP contribution in [-0.2, 0) is 0 Å². The third-order valence-electron chi connectivity index (χ3n) is 3.76. The van der Waals surface area contributed by atoms with Crippen molar-refractivity contribution >= 4 is 11.8 Å². The predicted octanol–water partition coefficient (Wildman–Crippen LogP) is 2.50. The molecule has 0 saturated carbocycles. The first-order valence-corrected chi connectivity index (χ1v) is 9.35. The van der Waals surface area contributed by atoms with Gasteiger partial charge in [0, 0.05) is 18.2 Å². The minimum atomic E-state index is -0.298. The molecule has 1 aromatic heterocycles. The van der Waals surface area contributed by atoms with Gasteiger partial charge in [0.1, 0.15) is 11.4 Å². The molecule has 0 bridgehead atoms. The molecule has 0 fully saturated rings. The molecule has 28 heavy (non-hydrogen) atoms. The average Bonchev–Trinajstić information content (AvgIpc) is 3.15. The summed E-state index contributed by atoms with van der Waals surface area (Å²) in [6.07, 6.45) is 4.99. The van der Waals surface area contributed by atoms with E-state index < -0.39 is 0 Å². The topological polar surface area (TPSA) is 98.1 Å². The lowest BCUT2D eigenvalue weighted by molar-refractivity contribution is 0.0934. The molecule has 1 aromatic carbocycles. The normalized spacial score (nSPS) is 10.6. The Balaban J connectivity index is 2.30. The summed E-state index contributed by atoms with van der Waals surface area (Å²) in [4.78, 5) is 24.3. The molecule has 0 unspecified atom stereocenters. The Kier molecular flexibility index (Phi) is 7.74. The van der Waals surface area contributed by atoms with Crippen LogP contribution in [0.25, 0.3) is 5.69 Å². The third-order valence-corrected chi connectivity index (χ3v) is 3.76. The number of allylic oxidation sites excluding steroid dienone is 1. The lowest BCUT2D eigenvalue weighted by atomic mass is 10.1. The van der Waals surface area contributed by atoms with Gasteiger partial charge in [-0.1, -0.05) is 11.3 Å². The first kappa shape index (κ1) is 21.1. The van der Waals surface area contributed by atoms with Gasteiger partial charge in [-0.2, -0.15) is 0 Å². The van der Waals surface area contributed by atoms with Gasteiger partial charge < -0.3 is 15.4 Å². The zero-order valence-corrected chi connectivity index (χ0v) is 16.6. The number of unbranched alkanes of at least 4 members (excludes halogenated alkanes) is 1. The quantitative estimate of drug-likeness (QED) is 0.484. The number of ether oxygens (including phenoxy) is 1. The predicted molar refractivity (Wildman–Crippen MR) is 107 cm³/mol. The summed E-state index contributed by atoms with van der Waals surface area (Å²) in [6, 6.07) is 5.08.